The summed E-state index contributed by atoms with van der Waals surface area (Å²) in [6, 6.07) is 8.52. The fraction of sp³-hybridized carbons (Fsp3) is 0.438. The molecular formula is C16H19ClN2. The first-order valence-corrected chi connectivity index (χ1v) is 7.32. The van der Waals surface area contributed by atoms with Crippen molar-refractivity contribution >= 4 is 28.2 Å². The van der Waals surface area contributed by atoms with Crippen molar-refractivity contribution in [2.75, 3.05) is 5.32 Å². The first kappa shape index (κ1) is 12.7. The molecule has 2 aromatic rings. The Morgan fingerprint density at radius 1 is 1.26 bits per heavy atom. The molecule has 0 amide bonds. The van der Waals surface area contributed by atoms with Crippen LogP contribution in [0.4, 0.5) is 5.69 Å². The molecule has 1 N–H and O–H groups in total. The van der Waals surface area contributed by atoms with Gasteiger partial charge < -0.3 is 5.32 Å². The van der Waals surface area contributed by atoms with E-state index in [4.69, 9.17) is 11.6 Å². The quantitative estimate of drug-likeness (QED) is 0.875. The van der Waals surface area contributed by atoms with Gasteiger partial charge in [-0.25, -0.2) is 0 Å². The van der Waals surface area contributed by atoms with E-state index in [2.05, 4.69) is 24.1 Å². The molecule has 0 aliphatic heterocycles. The van der Waals surface area contributed by atoms with Gasteiger partial charge in [0.1, 0.15) is 0 Å². The lowest BCUT2D eigenvalue weighted by Gasteiger charge is -2.39. The van der Waals surface area contributed by atoms with Crippen molar-refractivity contribution in [3.8, 4) is 0 Å². The van der Waals surface area contributed by atoms with Crippen LogP contribution in [0.25, 0.3) is 10.9 Å². The van der Waals surface area contributed by atoms with Gasteiger partial charge in [0, 0.05) is 17.6 Å². The lowest BCUT2D eigenvalue weighted by atomic mass is 9.73. The van der Waals surface area contributed by atoms with Crippen LogP contribution in [-0.2, 0) is 0 Å². The lowest BCUT2D eigenvalue weighted by Crippen LogP contribution is -2.37. The number of benzene rings is 1. The van der Waals surface area contributed by atoms with Crippen LogP contribution in [0.1, 0.15) is 26.7 Å². The Bertz CT molecular complexity index is 588. The summed E-state index contributed by atoms with van der Waals surface area (Å²) < 4.78 is 0. The maximum Gasteiger partial charge on any atom is 0.0948 e. The van der Waals surface area contributed by atoms with Gasteiger partial charge in [0.2, 0.25) is 0 Å². The van der Waals surface area contributed by atoms with Gasteiger partial charge in [-0.15, -0.1) is 0 Å². The number of hydrogen-bond acceptors (Lipinski definition) is 2. The number of pyridine rings is 1. The van der Waals surface area contributed by atoms with Crippen LogP contribution in [0.5, 0.6) is 0 Å². The summed E-state index contributed by atoms with van der Waals surface area (Å²) in [7, 11) is 0. The van der Waals surface area contributed by atoms with Gasteiger partial charge in [-0.2, -0.15) is 0 Å². The smallest absolute Gasteiger partial charge is 0.0948 e. The average Bonchev–Trinajstić information content (AvgIpc) is 2.35. The topological polar surface area (TPSA) is 24.9 Å². The Hall–Kier alpha value is -1.28. The van der Waals surface area contributed by atoms with Crippen molar-refractivity contribution in [2.24, 2.45) is 11.8 Å². The highest BCUT2D eigenvalue weighted by Crippen LogP contribution is 2.37. The first-order valence-electron chi connectivity index (χ1n) is 6.95. The number of rotatable bonds is 3. The number of anilines is 1. The lowest BCUT2D eigenvalue weighted by molar-refractivity contribution is 0.212. The Morgan fingerprint density at radius 2 is 2.05 bits per heavy atom. The standard InChI is InChI=1S/C16H19ClN2/c1-10(2)11-8-12(9-11)19-15-6-5-14(17)13-4-3-7-18-16(13)15/h3-7,10-12,19H,8-9H2,1-2H3. The van der Waals surface area contributed by atoms with Crippen molar-refractivity contribution in [3.05, 3.63) is 35.5 Å². The molecule has 1 aliphatic rings. The molecule has 1 aliphatic carbocycles. The minimum absolute atomic E-state index is 0.582. The van der Waals surface area contributed by atoms with Crippen LogP contribution in [0, 0.1) is 11.8 Å². The Morgan fingerprint density at radius 3 is 2.79 bits per heavy atom. The molecule has 0 atom stereocenters. The molecule has 0 spiro atoms. The summed E-state index contributed by atoms with van der Waals surface area (Å²) in [6.07, 6.45) is 4.34. The van der Waals surface area contributed by atoms with Crippen LogP contribution in [0.15, 0.2) is 30.5 Å². The molecule has 0 bridgehead atoms. The molecule has 3 heteroatoms. The van der Waals surface area contributed by atoms with Crippen LogP contribution >= 0.6 is 11.6 Å². The second-order valence-electron chi connectivity index (χ2n) is 5.81. The number of halogens is 1. The number of nitrogens with one attached hydrogen (secondary N) is 1. The van der Waals surface area contributed by atoms with E-state index < -0.39 is 0 Å². The Labute approximate surface area is 119 Å². The van der Waals surface area contributed by atoms with Gasteiger partial charge in [0.05, 0.1) is 16.2 Å². The average molecular weight is 275 g/mol. The van der Waals surface area contributed by atoms with Crippen molar-refractivity contribution in [3.63, 3.8) is 0 Å². The second kappa shape index (κ2) is 5.01. The SMILES string of the molecule is CC(C)C1CC(Nc2ccc(Cl)c3cccnc23)C1. The third-order valence-electron chi connectivity index (χ3n) is 4.19. The van der Waals surface area contributed by atoms with E-state index in [1.807, 2.05) is 30.5 Å². The molecule has 1 aromatic heterocycles. The predicted octanol–water partition coefficient (Wildman–Crippen LogP) is 4.73. The number of nitrogens with zero attached hydrogens (tertiary/aromatic N) is 1. The van der Waals surface area contributed by atoms with Gasteiger partial charge in [0.25, 0.3) is 0 Å². The van der Waals surface area contributed by atoms with Crippen molar-refractivity contribution < 1.29 is 0 Å². The molecule has 1 fully saturated rings. The highest BCUT2D eigenvalue weighted by molar-refractivity contribution is 6.35. The van der Waals surface area contributed by atoms with Gasteiger partial charge in [0.15, 0.2) is 0 Å². The van der Waals surface area contributed by atoms with Crippen molar-refractivity contribution in [2.45, 2.75) is 32.7 Å². The van der Waals surface area contributed by atoms with E-state index in [1.54, 1.807) is 0 Å². The second-order valence-corrected chi connectivity index (χ2v) is 6.22. The van der Waals surface area contributed by atoms with E-state index in [0.29, 0.717) is 6.04 Å². The monoisotopic (exact) mass is 274 g/mol. The largest absolute Gasteiger partial charge is 0.381 e. The summed E-state index contributed by atoms with van der Waals surface area (Å²) in [6.45, 7) is 4.61. The third kappa shape index (κ3) is 2.42. The van der Waals surface area contributed by atoms with Gasteiger partial charge in [-0.3, -0.25) is 4.98 Å². The molecule has 100 valence electrons. The molecule has 3 rings (SSSR count). The maximum absolute atomic E-state index is 6.21. The van der Waals surface area contributed by atoms with Crippen LogP contribution < -0.4 is 5.32 Å². The zero-order chi connectivity index (χ0) is 13.4. The van der Waals surface area contributed by atoms with Gasteiger partial charge in [-0.05, 0) is 48.9 Å². The molecule has 2 nitrogen and oxygen atoms in total. The highest BCUT2D eigenvalue weighted by Gasteiger charge is 2.31. The molecule has 1 heterocycles. The zero-order valence-corrected chi connectivity index (χ0v) is 12.1. The number of aromatic nitrogens is 1. The fourth-order valence-electron chi connectivity index (χ4n) is 2.80. The van der Waals surface area contributed by atoms with E-state index in [9.17, 15) is 0 Å². The summed E-state index contributed by atoms with van der Waals surface area (Å²) in [4.78, 5) is 4.46. The first-order chi connectivity index (χ1) is 9.15. The van der Waals surface area contributed by atoms with E-state index in [-0.39, 0.29) is 0 Å². The summed E-state index contributed by atoms with van der Waals surface area (Å²) in [5.74, 6) is 1.65. The summed E-state index contributed by atoms with van der Waals surface area (Å²) >= 11 is 6.21. The molecule has 1 saturated carbocycles. The predicted molar refractivity (Wildman–Crippen MR) is 81.7 cm³/mol. The summed E-state index contributed by atoms with van der Waals surface area (Å²) in [5.41, 5.74) is 2.08. The molecule has 0 saturated heterocycles. The molecule has 1 aromatic carbocycles. The minimum atomic E-state index is 0.582. The van der Waals surface area contributed by atoms with E-state index in [0.717, 1.165) is 33.4 Å². The number of hydrogen-bond donors (Lipinski definition) is 1. The normalized spacial score (nSPS) is 22.5. The van der Waals surface area contributed by atoms with Crippen molar-refractivity contribution in [1.29, 1.82) is 0 Å². The van der Waals surface area contributed by atoms with E-state index in [1.165, 1.54) is 12.8 Å². The van der Waals surface area contributed by atoms with Gasteiger partial charge in [-0.1, -0.05) is 25.4 Å². The van der Waals surface area contributed by atoms with Crippen LogP contribution in [0.2, 0.25) is 5.02 Å². The van der Waals surface area contributed by atoms with Crippen LogP contribution in [-0.4, -0.2) is 11.0 Å². The zero-order valence-electron chi connectivity index (χ0n) is 11.4. The minimum Gasteiger partial charge on any atom is -0.381 e. The Kier molecular flexibility index (Phi) is 3.36. The molecule has 0 unspecified atom stereocenters. The third-order valence-corrected chi connectivity index (χ3v) is 4.52. The summed E-state index contributed by atoms with van der Waals surface area (Å²) in [5, 5.41) is 5.40. The molecule has 0 radical (unpaired) electrons. The van der Waals surface area contributed by atoms with Gasteiger partial charge >= 0.3 is 0 Å². The van der Waals surface area contributed by atoms with E-state index >= 15 is 0 Å². The molecule has 19 heavy (non-hydrogen) atoms. The molecular weight excluding hydrogens is 256 g/mol. The maximum atomic E-state index is 6.21. The number of fused-ring (bicyclic) bond motifs is 1. The van der Waals surface area contributed by atoms with Crippen molar-refractivity contribution in [1.82, 2.24) is 4.98 Å². The fourth-order valence-corrected chi connectivity index (χ4v) is 3.01. The van der Waals surface area contributed by atoms with Crippen LogP contribution in [0.3, 0.4) is 0 Å². The Balaban J connectivity index is 1.81. The highest BCUT2D eigenvalue weighted by atomic mass is 35.5.